The first kappa shape index (κ1) is 13.7. The fourth-order valence-electron chi connectivity index (χ4n) is 1.70. The minimum absolute atomic E-state index is 0.0486. The van der Waals surface area contributed by atoms with Gasteiger partial charge in [0.1, 0.15) is 0 Å². The van der Waals surface area contributed by atoms with Gasteiger partial charge < -0.3 is 10.5 Å². The number of rotatable bonds is 5. The Balaban J connectivity index is 4.40. The van der Waals surface area contributed by atoms with Crippen molar-refractivity contribution in [2.45, 2.75) is 53.2 Å². The van der Waals surface area contributed by atoms with Gasteiger partial charge in [0, 0.05) is 12.6 Å². The van der Waals surface area contributed by atoms with Crippen molar-refractivity contribution < 1.29 is 4.74 Å². The van der Waals surface area contributed by atoms with Gasteiger partial charge in [0.05, 0.1) is 6.10 Å². The van der Waals surface area contributed by atoms with Crippen LogP contribution >= 0.6 is 0 Å². The van der Waals surface area contributed by atoms with Crippen LogP contribution in [0.15, 0.2) is 12.2 Å². The molecule has 2 atom stereocenters. The molecule has 0 spiro atoms. The molecule has 0 aromatic rings. The molecule has 0 fully saturated rings. The first-order chi connectivity index (χ1) is 6.29. The molecule has 2 nitrogen and oxygen atoms in total. The van der Waals surface area contributed by atoms with E-state index in [1.54, 1.807) is 0 Å². The lowest BCUT2D eigenvalue weighted by Gasteiger charge is -2.35. The summed E-state index contributed by atoms with van der Waals surface area (Å²) in [5.41, 5.74) is 7.31. The fraction of sp³-hybridized carbons (Fsp3) is 0.833. The monoisotopic (exact) mass is 199 g/mol. The summed E-state index contributed by atoms with van der Waals surface area (Å²) in [4.78, 5) is 0. The van der Waals surface area contributed by atoms with Crippen molar-refractivity contribution in [2.75, 3.05) is 6.61 Å². The van der Waals surface area contributed by atoms with Gasteiger partial charge in [-0.3, -0.25) is 0 Å². The predicted octanol–water partition coefficient (Wildman–Crippen LogP) is 2.73. The van der Waals surface area contributed by atoms with Gasteiger partial charge in [0.2, 0.25) is 0 Å². The smallest absolute Gasteiger partial charge is 0.0776 e. The highest BCUT2D eigenvalue weighted by molar-refractivity contribution is 4.96. The highest BCUT2D eigenvalue weighted by atomic mass is 16.5. The Hall–Kier alpha value is -0.340. The van der Waals surface area contributed by atoms with E-state index in [2.05, 4.69) is 27.4 Å². The largest absolute Gasteiger partial charge is 0.376 e. The molecule has 2 N–H and O–H groups in total. The fourth-order valence-corrected chi connectivity index (χ4v) is 1.70. The first-order valence-corrected chi connectivity index (χ1v) is 5.30. The van der Waals surface area contributed by atoms with Gasteiger partial charge in [-0.1, -0.05) is 26.3 Å². The van der Waals surface area contributed by atoms with E-state index in [0.717, 1.165) is 12.0 Å². The van der Waals surface area contributed by atoms with Crippen LogP contribution in [0.3, 0.4) is 0 Å². The Morgan fingerprint density at radius 1 is 1.43 bits per heavy atom. The zero-order valence-electron chi connectivity index (χ0n) is 10.3. The molecule has 14 heavy (non-hydrogen) atoms. The molecule has 0 aromatic heterocycles. The molecule has 0 heterocycles. The molecule has 0 saturated heterocycles. The molecule has 0 saturated carbocycles. The average Bonchev–Trinajstić information content (AvgIpc) is 1.96. The maximum absolute atomic E-state index is 6.11. The van der Waals surface area contributed by atoms with Crippen LogP contribution < -0.4 is 5.73 Å². The van der Waals surface area contributed by atoms with E-state index in [4.69, 9.17) is 10.5 Å². The third-order valence-electron chi connectivity index (χ3n) is 2.17. The van der Waals surface area contributed by atoms with Crippen LogP contribution in [0.2, 0.25) is 0 Å². The topological polar surface area (TPSA) is 35.2 Å². The third-order valence-corrected chi connectivity index (χ3v) is 2.17. The van der Waals surface area contributed by atoms with E-state index in [9.17, 15) is 0 Å². The maximum Gasteiger partial charge on any atom is 0.0776 e. The van der Waals surface area contributed by atoms with E-state index >= 15 is 0 Å². The molecule has 84 valence electrons. The zero-order chi connectivity index (χ0) is 11.4. The Morgan fingerprint density at radius 3 is 2.21 bits per heavy atom. The van der Waals surface area contributed by atoms with E-state index in [-0.39, 0.29) is 17.6 Å². The number of hydrogen-bond donors (Lipinski definition) is 1. The van der Waals surface area contributed by atoms with Gasteiger partial charge in [-0.25, -0.2) is 0 Å². The summed E-state index contributed by atoms with van der Waals surface area (Å²) in [6, 6.07) is 0.0486. The van der Waals surface area contributed by atoms with E-state index in [0.29, 0.717) is 6.61 Å². The molecule has 2 unspecified atom stereocenters. The second-order valence-electron chi connectivity index (χ2n) is 5.07. The van der Waals surface area contributed by atoms with Crippen LogP contribution in [0.1, 0.15) is 41.0 Å². The SMILES string of the molecule is C=C(C)CC(N)C(OCC)C(C)(C)C. The minimum Gasteiger partial charge on any atom is -0.376 e. The standard InChI is InChI=1S/C12H25NO/c1-7-14-11(12(4,5)6)10(13)8-9(2)3/h10-11H,2,7-8,13H2,1,3-6H3. The van der Waals surface area contributed by atoms with E-state index in [1.165, 1.54) is 0 Å². The summed E-state index contributed by atoms with van der Waals surface area (Å²) in [6.07, 6.45) is 0.936. The van der Waals surface area contributed by atoms with Crippen molar-refractivity contribution in [3.05, 3.63) is 12.2 Å². The predicted molar refractivity (Wildman–Crippen MR) is 62.3 cm³/mol. The van der Waals surface area contributed by atoms with Crippen LogP contribution in [0.25, 0.3) is 0 Å². The Labute approximate surface area is 88.5 Å². The number of ether oxygens (including phenoxy) is 1. The van der Waals surface area contributed by atoms with Gasteiger partial charge in [-0.2, -0.15) is 0 Å². The lowest BCUT2D eigenvalue weighted by molar-refractivity contribution is -0.0273. The van der Waals surface area contributed by atoms with Crippen molar-refractivity contribution in [1.29, 1.82) is 0 Å². The molecule has 0 aliphatic heterocycles. The van der Waals surface area contributed by atoms with Crippen LogP contribution in [-0.2, 0) is 4.74 Å². The van der Waals surface area contributed by atoms with Crippen LogP contribution in [0, 0.1) is 5.41 Å². The molecule has 0 bridgehead atoms. The van der Waals surface area contributed by atoms with Crippen molar-refractivity contribution in [1.82, 2.24) is 0 Å². The first-order valence-electron chi connectivity index (χ1n) is 5.30. The summed E-state index contributed by atoms with van der Waals surface area (Å²) < 4.78 is 5.70. The lowest BCUT2D eigenvalue weighted by Crippen LogP contribution is -2.45. The Bertz CT molecular complexity index is 181. The van der Waals surface area contributed by atoms with Gasteiger partial charge in [0.15, 0.2) is 0 Å². The van der Waals surface area contributed by atoms with Gasteiger partial charge >= 0.3 is 0 Å². The highest BCUT2D eigenvalue weighted by Crippen LogP contribution is 2.26. The normalized spacial score (nSPS) is 16.4. The van der Waals surface area contributed by atoms with Crippen molar-refractivity contribution >= 4 is 0 Å². The van der Waals surface area contributed by atoms with Gasteiger partial charge in [0.25, 0.3) is 0 Å². The zero-order valence-corrected chi connectivity index (χ0v) is 10.3. The van der Waals surface area contributed by atoms with Crippen LogP contribution in [0.4, 0.5) is 0 Å². The van der Waals surface area contributed by atoms with Gasteiger partial charge in [-0.15, -0.1) is 6.58 Å². The van der Waals surface area contributed by atoms with Crippen molar-refractivity contribution in [3.63, 3.8) is 0 Å². The summed E-state index contributed by atoms with van der Waals surface area (Å²) in [7, 11) is 0. The lowest BCUT2D eigenvalue weighted by atomic mass is 9.83. The average molecular weight is 199 g/mol. The molecule has 0 rings (SSSR count). The Kier molecular flexibility index (Phi) is 5.38. The molecular weight excluding hydrogens is 174 g/mol. The van der Waals surface area contributed by atoms with Crippen LogP contribution in [-0.4, -0.2) is 18.8 Å². The minimum atomic E-state index is 0.0486. The third kappa shape index (κ3) is 4.77. The van der Waals surface area contributed by atoms with E-state index in [1.807, 2.05) is 13.8 Å². The number of hydrogen-bond acceptors (Lipinski definition) is 2. The van der Waals surface area contributed by atoms with Crippen molar-refractivity contribution in [2.24, 2.45) is 11.1 Å². The highest BCUT2D eigenvalue weighted by Gasteiger charge is 2.30. The maximum atomic E-state index is 6.11. The summed E-state index contributed by atoms with van der Waals surface area (Å²) in [6.45, 7) is 15.1. The Morgan fingerprint density at radius 2 is 1.93 bits per heavy atom. The second-order valence-corrected chi connectivity index (χ2v) is 5.07. The van der Waals surface area contributed by atoms with Crippen LogP contribution in [0.5, 0.6) is 0 Å². The molecular formula is C12H25NO. The summed E-state index contributed by atoms with van der Waals surface area (Å²) >= 11 is 0. The van der Waals surface area contributed by atoms with Crippen molar-refractivity contribution in [3.8, 4) is 0 Å². The van der Waals surface area contributed by atoms with Gasteiger partial charge in [-0.05, 0) is 25.7 Å². The molecule has 2 heteroatoms. The molecule has 0 aliphatic carbocycles. The number of nitrogens with two attached hydrogens (primary N) is 1. The second kappa shape index (κ2) is 5.52. The summed E-state index contributed by atoms with van der Waals surface area (Å²) in [5.74, 6) is 0. The molecule has 0 aliphatic rings. The quantitative estimate of drug-likeness (QED) is 0.691. The molecule has 0 aromatic carbocycles. The summed E-state index contributed by atoms with van der Waals surface area (Å²) in [5, 5.41) is 0. The molecule has 0 radical (unpaired) electrons. The van der Waals surface area contributed by atoms with E-state index < -0.39 is 0 Å². The molecule has 0 amide bonds.